The van der Waals surface area contributed by atoms with Crippen molar-refractivity contribution >= 4 is 23.9 Å². The summed E-state index contributed by atoms with van der Waals surface area (Å²) in [5.41, 5.74) is 0.163. The number of hydrogen-bond donors (Lipinski definition) is 0. The van der Waals surface area contributed by atoms with Crippen LogP contribution in [0.25, 0.3) is 0 Å². The van der Waals surface area contributed by atoms with E-state index in [1.807, 2.05) is 51.3 Å². The zero-order valence-electron chi connectivity index (χ0n) is 15.0. The van der Waals surface area contributed by atoms with Gasteiger partial charge in [0, 0.05) is 36.7 Å². The molecule has 3 rings (SSSR count). The molecule has 1 fully saturated rings. The summed E-state index contributed by atoms with van der Waals surface area (Å²) in [5, 5.41) is 4.76. The van der Waals surface area contributed by atoms with Crippen LogP contribution in [0.15, 0.2) is 29.4 Å². The Morgan fingerprint density at radius 3 is 2.44 bits per heavy atom. The molecule has 25 heavy (non-hydrogen) atoms. The van der Waals surface area contributed by atoms with Crippen molar-refractivity contribution in [2.75, 3.05) is 13.1 Å². The van der Waals surface area contributed by atoms with Gasteiger partial charge >= 0.3 is 6.09 Å². The monoisotopic (exact) mass is 364 g/mol. The Morgan fingerprint density at radius 1 is 1.28 bits per heavy atom. The maximum absolute atomic E-state index is 12.3. The van der Waals surface area contributed by atoms with Gasteiger partial charge in [0.15, 0.2) is 5.60 Å². The lowest BCUT2D eigenvalue weighted by molar-refractivity contribution is -0.0871. The van der Waals surface area contributed by atoms with Gasteiger partial charge in [-0.1, -0.05) is 28.9 Å². The quantitative estimate of drug-likeness (QED) is 0.771. The molecule has 1 saturated heterocycles. The van der Waals surface area contributed by atoms with Crippen molar-refractivity contribution in [1.29, 1.82) is 0 Å². The number of benzene rings is 1. The lowest BCUT2D eigenvalue weighted by atomic mass is 9.74. The van der Waals surface area contributed by atoms with Crippen LogP contribution in [0.2, 0.25) is 5.02 Å². The molecule has 2 aliphatic heterocycles. The normalized spacial score (nSPS) is 24.2. The predicted octanol–water partition coefficient (Wildman–Crippen LogP) is 4.59. The van der Waals surface area contributed by atoms with Gasteiger partial charge in [-0.3, -0.25) is 0 Å². The lowest BCUT2D eigenvalue weighted by Gasteiger charge is -2.41. The first-order valence-corrected chi connectivity index (χ1v) is 9.12. The van der Waals surface area contributed by atoms with Crippen LogP contribution >= 0.6 is 11.6 Å². The first-order valence-electron chi connectivity index (χ1n) is 8.74. The van der Waals surface area contributed by atoms with E-state index in [4.69, 9.17) is 21.2 Å². The molecular formula is C19H25ClN2O3. The number of nitrogens with zero attached hydrogens (tertiary/aromatic N) is 2. The van der Waals surface area contributed by atoms with Crippen molar-refractivity contribution < 1.29 is 14.4 Å². The molecule has 0 aromatic heterocycles. The zero-order chi connectivity index (χ0) is 18.1. The number of amides is 1. The highest BCUT2D eigenvalue weighted by molar-refractivity contribution is 6.30. The molecule has 1 unspecified atom stereocenters. The Kier molecular flexibility index (Phi) is 4.96. The average Bonchev–Trinajstić information content (AvgIpc) is 3.05. The molecule has 1 aromatic carbocycles. The summed E-state index contributed by atoms with van der Waals surface area (Å²) in [6.45, 7) is 6.99. The van der Waals surface area contributed by atoms with Gasteiger partial charge in [-0.05, 0) is 51.3 Å². The third-order valence-corrected chi connectivity index (χ3v) is 5.08. The molecule has 2 aliphatic rings. The molecule has 0 saturated carbocycles. The van der Waals surface area contributed by atoms with Gasteiger partial charge in [0.25, 0.3) is 0 Å². The molecule has 2 heterocycles. The van der Waals surface area contributed by atoms with Crippen molar-refractivity contribution in [3.8, 4) is 0 Å². The third-order valence-electron chi connectivity index (χ3n) is 4.82. The number of halogens is 1. The first kappa shape index (κ1) is 18.1. The SMILES string of the molecule is CC(C)(C)OC(=O)N1CCC(C2(c3ccc(Cl)cc3)CC=NO2)CC1. The number of likely N-dealkylation sites (tertiary alicyclic amines) is 1. The van der Waals surface area contributed by atoms with Gasteiger partial charge in [-0.2, -0.15) is 0 Å². The number of hydrogen-bond acceptors (Lipinski definition) is 4. The van der Waals surface area contributed by atoms with Gasteiger partial charge in [-0.25, -0.2) is 4.79 Å². The smallest absolute Gasteiger partial charge is 0.410 e. The Hall–Kier alpha value is -1.75. The van der Waals surface area contributed by atoms with Crippen LogP contribution in [0, 0.1) is 5.92 Å². The fourth-order valence-corrected chi connectivity index (χ4v) is 3.70. The van der Waals surface area contributed by atoms with Crippen molar-refractivity contribution in [2.45, 2.75) is 51.2 Å². The predicted molar refractivity (Wildman–Crippen MR) is 97.9 cm³/mol. The van der Waals surface area contributed by atoms with Crippen molar-refractivity contribution in [3.63, 3.8) is 0 Å². The van der Waals surface area contributed by atoms with E-state index in [0.717, 1.165) is 24.8 Å². The summed E-state index contributed by atoms with van der Waals surface area (Å²) in [4.78, 5) is 19.9. The van der Waals surface area contributed by atoms with Crippen LogP contribution in [0.4, 0.5) is 4.79 Å². The lowest BCUT2D eigenvalue weighted by Crippen LogP contribution is -2.46. The highest BCUT2D eigenvalue weighted by Crippen LogP contribution is 2.44. The van der Waals surface area contributed by atoms with Crippen molar-refractivity contribution in [1.82, 2.24) is 4.90 Å². The first-order chi connectivity index (χ1) is 11.8. The van der Waals surface area contributed by atoms with Crippen molar-refractivity contribution in [3.05, 3.63) is 34.9 Å². The van der Waals surface area contributed by atoms with Crippen LogP contribution in [0.5, 0.6) is 0 Å². The van der Waals surface area contributed by atoms with Crippen LogP contribution in [0.3, 0.4) is 0 Å². The molecule has 0 aliphatic carbocycles. The minimum atomic E-state index is -0.471. The molecule has 1 aromatic rings. The fraction of sp³-hybridized carbons (Fsp3) is 0.579. The van der Waals surface area contributed by atoms with Crippen molar-refractivity contribution in [2.24, 2.45) is 11.1 Å². The van der Waals surface area contributed by atoms with Gasteiger partial charge in [0.2, 0.25) is 0 Å². The number of rotatable bonds is 2. The molecule has 1 amide bonds. The Balaban J connectivity index is 1.70. The topological polar surface area (TPSA) is 51.1 Å². The molecule has 0 bridgehead atoms. The standard InChI is InChI=1S/C19H25ClN2O3/c1-18(2,3)24-17(23)22-12-8-15(9-13-22)19(10-11-21-25-19)14-4-6-16(20)7-5-14/h4-7,11,15H,8-10,12-13H2,1-3H3. The minimum absolute atomic E-state index is 0.241. The van der Waals surface area contributed by atoms with Gasteiger partial charge < -0.3 is 14.5 Å². The Labute approximate surface area is 153 Å². The molecule has 1 atom stereocenters. The van der Waals surface area contributed by atoms with Gasteiger partial charge in [0.05, 0.1) is 0 Å². The number of ether oxygens (including phenoxy) is 1. The second-order valence-electron chi connectivity index (χ2n) is 7.72. The van der Waals surface area contributed by atoms with E-state index in [0.29, 0.717) is 18.1 Å². The minimum Gasteiger partial charge on any atom is -0.444 e. The summed E-state index contributed by atoms with van der Waals surface area (Å²) in [6, 6.07) is 7.79. The van der Waals surface area contributed by atoms with E-state index in [-0.39, 0.29) is 12.0 Å². The number of oxime groups is 1. The number of carbonyl (C=O) groups excluding carboxylic acids is 1. The molecule has 0 N–H and O–H groups in total. The molecule has 0 radical (unpaired) electrons. The molecular weight excluding hydrogens is 340 g/mol. The Bertz CT molecular complexity index is 636. The summed E-state index contributed by atoms with van der Waals surface area (Å²) in [6.07, 6.45) is 4.03. The van der Waals surface area contributed by atoms with Crippen LogP contribution in [0.1, 0.15) is 45.6 Å². The summed E-state index contributed by atoms with van der Waals surface area (Å²) in [5.74, 6) is 0.287. The average molecular weight is 365 g/mol. The van der Waals surface area contributed by atoms with E-state index < -0.39 is 11.2 Å². The van der Waals surface area contributed by atoms with E-state index in [1.165, 1.54) is 0 Å². The van der Waals surface area contributed by atoms with Gasteiger partial charge in [0.1, 0.15) is 5.60 Å². The highest BCUT2D eigenvalue weighted by atomic mass is 35.5. The third kappa shape index (κ3) is 3.92. The summed E-state index contributed by atoms with van der Waals surface area (Å²) < 4.78 is 5.48. The zero-order valence-corrected chi connectivity index (χ0v) is 15.8. The largest absolute Gasteiger partial charge is 0.444 e. The number of piperidine rings is 1. The van der Waals surface area contributed by atoms with Crippen LogP contribution < -0.4 is 0 Å². The van der Waals surface area contributed by atoms with Crippen LogP contribution in [-0.4, -0.2) is 35.9 Å². The van der Waals surface area contributed by atoms with E-state index >= 15 is 0 Å². The number of carbonyl (C=O) groups is 1. The van der Waals surface area contributed by atoms with E-state index in [1.54, 1.807) is 4.90 Å². The van der Waals surface area contributed by atoms with E-state index in [2.05, 4.69) is 5.16 Å². The van der Waals surface area contributed by atoms with Crippen LogP contribution in [-0.2, 0) is 15.2 Å². The molecule has 136 valence electrons. The van der Waals surface area contributed by atoms with Gasteiger partial charge in [-0.15, -0.1) is 0 Å². The highest BCUT2D eigenvalue weighted by Gasteiger charge is 2.46. The van der Waals surface area contributed by atoms with E-state index in [9.17, 15) is 4.79 Å². The summed E-state index contributed by atoms with van der Waals surface area (Å²) in [7, 11) is 0. The maximum Gasteiger partial charge on any atom is 0.410 e. The molecule has 6 heteroatoms. The maximum atomic E-state index is 12.3. The summed E-state index contributed by atoms with van der Waals surface area (Å²) >= 11 is 6.03. The molecule has 5 nitrogen and oxygen atoms in total. The second kappa shape index (κ2) is 6.87. The Morgan fingerprint density at radius 2 is 1.92 bits per heavy atom. The molecule has 0 spiro atoms. The fourth-order valence-electron chi connectivity index (χ4n) is 3.58. The second-order valence-corrected chi connectivity index (χ2v) is 8.16.